The van der Waals surface area contributed by atoms with E-state index in [0.29, 0.717) is 11.9 Å². The summed E-state index contributed by atoms with van der Waals surface area (Å²) in [5.41, 5.74) is 3.80. The molecule has 0 spiro atoms. The van der Waals surface area contributed by atoms with Crippen LogP contribution in [0.15, 0.2) is 35.8 Å². The van der Waals surface area contributed by atoms with Crippen molar-refractivity contribution in [2.24, 2.45) is 5.84 Å². The number of hydrogen-bond acceptors (Lipinski definition) is 5. The number of hydrogen-bond donors (Lipinski definition) is 2. The van der Waals surface area contributed by atoms with Gasteiger partial charge in [-0.3, -0.25) is 4.90 Å². The van der Waals surface area contributed by atoms with Crippen molar-refractivity contribution in [1.29, 1.82) is 0 Å². The van der Waals surface area contributed by atoms with Crippen molar-refractivity contribution in [2.75, 3.05) is 5.43 Å². The largest absolute Gasteiger partial charge is 0.308 e. The predicted octanol–water partition coefficient (Wildman–Crippen LogP) is 2.84. The van der Waals surface area contributed by atoms with E-state index in [9.17, 15) is 0 Å². The Balaban J connectivity index is 2.07. The summed E-state index contributed by atoms with van der Waals surface area (Å²) < 4.78 is 0. The van der Waals surface area contributed by atoms with Gasteiger partial charge in [0.1, 0.15) is 5.82 Å². The Morgan fingerprint density at radius 1 is 1.37 bits per heavy atom. The average molecular weight is 276 g/mol. The molecule has 19 heavy (non-hydrogen) atoms. The Morgan fingerprint density at radius 3 is 2.84 bits per heavy atom. The predicted molar refractivity (Wildman–Crippen MR) is 80.7 cm³/mol. The molecular formula is C14H20N4S. The summed E-state index contributed by atoms with van der Waals surface area (Å²) in [6.07, 6.45) is 1.79. The Kier molecular flexibility index (Phi) is 4.90. The minimum Gasteiger partial charge on any atom is -0.308 e. The number of nitrogens with two attached hydrogens (primary N) is 1. The molecule has 0 aliphatic heterocycles. The molecule has 3 N–H and O–H groups in total. The second kappa shape index (κ2) is 6.65. The maximum Gasteiger partial charge on any atom is 0.140 e. The molecular weight excluding hydrogens is 256 g/mol. The molecule has 0 unspecified atom stereocenters. The number of thiophene rings is 1. The fraction of sp³-hybridized carbons (Fsp3) is 0.357. The monoisotopic (exact) mass is 276 g/mol. The highest BCUT2D eigenvalue weighted by Crippen LogP contribution is 2.17. The highest BCUT2D eigenvalue weighted by atomic mass is 32.1. The Morgan fingerprint density at radius 2 is 2.21 bits per heavy atom. The van der Waals surface area contributed by atoms with Gasteiger partial charge < -0.3 is 5.43 Å². The molecule has 102 valence electrons. The molecule has 2 rings (SSSR count). The van der Waals surface area contributed by atoms with Gasteiger partial charge in [-0.2, -0.15) is 0 Å². The number of rotatable bonds is 6. The molecule has 2 aromatic rings. The molecule has 0 saturated heterocycles. The van der Waals surface area contributed by atoms with Crippen LogP contribution in [-0.4, -0.2) is 15.9 Å². The van der Waals surface area contributed by atoms with Crippen molar-refractivity contribution in [2.45, 2.75) is 33.0 Å². The number of nitrogens with one attached hydrogen (secondary N) is 1. The van der Waals surface area contributed by atoms with Crippen LogP contribution in [-0.2, 0) is 13.1 Å². The summed E-state index contributed by atoms with van der Waals surface area (Å²) in [6.45, 7) is 6.31. The zero-order chi connectivity index (χ0) is 13.7. The van der Waals surface area contributed by atoms with E-state index in [1.54, 1.807) is 17.5 Å². The molecule has 0 fully saturated rings. The lowest BCUT2D eigenvalue weighted by molar-refractivity contribution is 0.205. The fourth-order valence-electron chi connectivity index (χ4n) is 1.91. The topological polar surface area (TPSA) is 54.2 Å². The standard InChI is InChI=1S/C14H20N4S/c1-11(2)18(10-13-4-3-7-19-13)9-12-5-6-16-14(8-12)17-15/h3-8,11H,9-10,15H2,1-2H3,(H,16,17). The smallest absolute Gasteiger partial charge is 0.140 e. The van der Waals surface area contributed by atoms with Gasteiger partial charge in [0.2, 0.25) is 0 Å². The Labute approximate surface area is 118 Å². The van der Waals surface area contributed by atoms with Gasteiger partial charge >= 0.3 is 0 Å². The molecule has 0 bridgehead atoms. The van der Waals surface area contributed by atoms with Gasteiger partial charge in [-0.15, -0.1) is 11.3 Å². The first-order chi connectivity index (χ1) is 9.19. The van der Waals surface area contributed by atoms with Crippen molar-refractivity contribution in [3.63, 3.8) is 0 Å². The SMILES string of the molecule is CC(C)N(Cc1ccnc(NN)c1)Cc1cccs1. The summed E-state index contributed by atoms with van der Waals surface area (Å²) >= 11 is 1.80. The van der Waals surface area contributed by atoms with Crippen LogP contribution in [0.3, 0.4) is 0 Å². The Bertz CT molecular complexity index is 496. The number of anilines is 1. The van der Waals surface area contributed by atoms with E-state index >= 15 is 0 Å². The molecule has 0 saturated carbocycles. The lowest BCUT2D eigenvalue weighted by Crippen LogP contribution is -2.29. The van der Waals surface area contributed by atoms with Gasteiger partial charge in [-0.05, 0) is 43.0 Å². The van der Waals surface area contributed by atoms with Crippen LogP contribution in [0.1, 0.15) is 24.3 Å². The van der Waals surface area contributed by atoms with Gasteiger partial charge in [0.05, 0.1) is 0 Å². The molecule has 0 aromatic carbocycles. The first kappa shape index (κ1) is 14.0. The first-order valence-corrected chi connectivity index (χ1v) is 7.25. The number of aromatic nitrogens is 1. The van der Waals surface area contributed by atoms with Gasteiger partial charge in [-0.1, -0.05) is 6.07 Å². The maximum atomic E-state index is 5.39. The summed E-state index contributed by atoms with van der Waals surface area (Å²) in [5, 5.41) is 2.12. The molecule has 0 radical (unpaired) electrons. The lowest BCUT2D eigenvalue weighted by Gasteiger charge is -2.26. The number of hydrazine groups is 1. The van der Waals surface area contributed by atoms with E-state index in [2.05, 4.69) is 46.7 Å². The minimum atomic E-state index is 0.490. The van der Waals surface area contributed by atoms with Crippen molar-refractivity contribution in [1.82, 2.24) is 9.88 Å². The second-order valence-corrected chi connectivity index (χ2v) is 5.80. The van der Waals surface area contributed by atoms with Crippen LogP contribution in [0.25, 0.3) is 0 Å². The summed E-state index contributed by atoms with van der Waals surface area (Å²) in [4.78, 5) is 7.95. The highest BCUT2D eigenvalue weighted by Gasteiger charge is 2.11. The number of pyridine rings is 1. The highest BCUT2D eigenvalue weighted by molar-refractivity contribution is 7.09. The normalized spacial score (nSPS) is 11.2. The lowest BCUT2D eigenvalue weighted by atomic mass is 10.2. The van der Waals surface area contributed by atoms with Crippen molar-refractivity contribution >= 4 is 17.2 Å². The first-order valence-electron chi connectivity index (χ1n) is 6.37. The van der Waals surface area contributed by atoms with E-state index in [1.807, 2.05) is 12.1 Å². The van der Waals surface area contributed by atoms with Crippen LogP contribution < -0.4 is 11.3 Å². The van der Waals surface area contributed by atoms with Crippen LogP contribution in [0, 0.1) is 0 Å². The second-order valence-electron chi connectivity index (χ2n) is 4.77. The third kappa shape index (κ3) is 4.02. The zero-order valence-corrected chi connectivity index (χ0v) is 12.2. The third-order valence-electron chi connectivity index (χ3n) is 3.03. The molecule has 0 aliphatic carbocycles. The molecule has 5 heteroatoms. The van der Waals surface area contributed by atoms with Crippen LogP contribution in [0.5, 0.6) is 0 Å². The van der Waals surface area contributed by atoms with Gasteiger partial charge in [0.25, 0.3) is 0 Å². The van der Waals surface area contributed by atoms with Crippen molar-refractivity contribution < 1.29 is 0 Å². The molecule has 0 amide bonds. The van der Waals surface area contributed by atoms with Crippen LogP contribution in [0.2, 0.25) is 0 Å². The Hall–Kier alpha value is -1.43. The van der Waals surface area contributed by atoms with Gasteiger partial charge in [0.15, 0.2) is 0 Å². The average Bonchev–Trinajstić information content (AvgIpc) is 2.91. The molecule has 0 atom stereocenters. The van der Waals surface area contributed by atoms with Gasteiger partial charge in [0, 0.05) is 30.2 Å². The number of nitrogens with zero attached hydrogens (tertiary/aromatic N) is 2. The molecule has 4 nitrogen and oxygen atoms in total. The zero-order valence-electron chi connectivity index (χ0n) is 11.3. The molecule has 2 heterocycles. The number of nitrogen functional groups attached to an aromatic ring is 1. The van der Waals surface area contributed by atoms with Gasteiger partial charge in [-0.25, -0.2) is 10.8 Å². The maximum absolute atomic E-state index is 5.39. The summed E-state index contributed by atoms with van der Waals surface area (Å²) in [5.74, 6) is 6.10. The van der Waals surface area contributed by atoms with Crippen LogP contribution in [0.4, 0.5) is 5.82 Å². The minimum absolute atomic E-state index is 0.490. The third-order valence-corrected chi connectivity index (χ3v) is 3.89. The van der Waals surface area contributed by atoms with E-state index in [1.165, 1.54) is 10.4 Å². The van der Waals surface area contributed by atoms with E-state index in [4.69, 9.17) is 5.84 Å². The van der Waals surface area contributed by atoms with E-state index in [0.717, 1.165) is 13.1 Å². The van der Waals surface area contributed by atoms with Crippen molar-refractivity contribution in [3.8, 4) is 0 Å². The summed E-state index contributed by atoms with van der Waals surface area (Å²) in [6, 6.07) is 8.79. The fourth-order valence-corrected chi connectivity index (χ4v) is 2.64. The van der Waals surface area contributed by atoms with E-state index < -0.39 is 0 Å². The van der Waals surface area contributed by atoms with Crippen LogP contribution >= 0.6 is 11.3 Å². The van der Waals surface area contributed by atoms with Crippen molar-refractivity contribution in [3.05, 3.63) is 46.3 Å². The molecule has 0 aliphatic rings. The quantitative estimate of drug-likeness (QED) is 0.629. The van der Waals surface area contributed by atoms with E-state index in [-0.39, 0.29) is 0 Å². The summed E-state index contributed by atoms with van der Waals surface area (Å²) in [7, 11) is 0. The molecule has 2 aromatic heterocycles.